The molecular weight excluding hydrogens is 224 g/mol. The minimum atomic E-state index is -0.220. The molecule has 1 N–H and O–H groups in total. The van der Waals surface area contributed by atoms with Crippen molar-refractivity contribution >= 4 is 12.4 Å². The Morgan fingerprint density at radius 1 is 1.22 bits per heavy atom. The largest absolute Gasteiger partial charge is 0.378 e. The molecule has 0 radical (unpaired) electrons. The standard InChI is InChI=1S/C15H14N2O/c18-11-14-13-7-9-17(15(13)6-8-16-14)10-12-4-2-1-3-5-12/h1-9,11,14,16H,10H2. The molecule has 0 bridgehead atoms. The highest BCUT2D eigenvalue weighted by molar-refractivity contribution is 5.68. The second-order valence-electron chi connectivity index (χ2n) is 4.38. The first-order chi connectivity index (χ1) is 8.88. The zero-order chi connectivity index (χ0) is 12.4. The summed E-state index contributed by atoms with van der Waals surface area (Å²) < 4.78 is 2.17. The molecule has 90 valence electrons. The number of hydrogen-bond acceptors (Lipinski definition) is 2. The van der Waals surface area contributed by atoms with Crippen molar-refractivity contribution in [2.24, 2.45) is 0 Å². The van der Waals surface area contributed by atoms with Crippen LogP contribution in [0, 0.1) is 0 Å². The van der Waals surface area contributed by atoms with E-state index in [9.17, 15) is 4.79 Å². The minimum Gasteiger partial charge on any atom is -0.378 e. The van der Waals surface area contributed by atoms with E-state index in [1.54, 1.807) is 0 Å². The SMILES string of the molecule is O=CC1NC=Cc2c1ccn2Cc1ccccc1. The van der Waals surface area contributed by atoms with Crippen LogP contribution in [0.1, 0.15) is 22.9 Å². The van der Waals surface area contributed by atoms with E-state index in [0.29, 0.717) is 0 Å². The molecule has 0 amide bonds. The van der Waals surface area contributed by atoms with Crippen LogP contribution >= 0.6 is 0 Å². The average molecular weight is 238 g/mol. The molecule has 1 aliphatic rings. The van der Waals surface area contributed by atoms with Gasteiger partial charge in [-0.2, -0.15) is 0 Å². The van der Waals surface area contributed by atoms with E-state index in [2.05, 4.69) is 22.0 Å². The molecule has 2 heterocycles. The van der Waals surface area contributed by atoms with E-state index < -0.39 is 0 Å². The number of carbonyl (C=O) groups is 1. The zero-order valence-electron chi connectivity index (χ0n) is 9.91. The molecule has 1 aromatic carbocycles. The van der Waals surface area contributed by atoms with Gasteiger partial charge in [-0.3, -0.25) is 0 Å². The minimum absolute atomic E-state index is 0.220. The molecule has 3 rings (SSSR count). The van der Waals surface area contributed by atoms with Gasteiger partial charge in [0.25, 0.3) is 0 Å². The normalized spacial score (nSPS) is 17.0. The number of carbonyl (C=O) groups excluding carboxylic acids is 1. The monoisotopic (exact) mass is 238 g/mol. The lowest BCUT2D eigenvalue weighted by atomic mass is 10.1. The van der Waals surface area contributed by atoms with Crippen LogP contribution in [0.5, 0.6) is 0 Å². The van der Waals surface area contributed by atoms with Gasteiger partial charge in [-0.15, -0.1) is 0 Å². The van der Waals surface area contributed by atoms with Gasteiger partial charge in [0, 0.05) is 24.0 Å². The molecule has 1 aliphatic heterocycles. The van der Waals surface area contributed by atoms with E-state index in [0.717, 1.165) is 24.1 Å². The van der Waals surface area contributed by atoms with E-state index >= 15 is 0 Å². The molecule has 3 heteroatoms. The number of nitrogens with zero attached hydrogens (tertiary/aromatic N) is 1. The fraction of sp³-hybridized carbons (Fsp3) is 0.133. The van der Waals surface area contributed by atoms with Gasteiger partial charge >= 0.3 is 0 Å². The Bertz CT molecular complexity index is 584. The molecule has 18 heavy (non-hydrogen) atoms. The Morgan fingerprint density at radius 3 is 2.83 bits per heavy atom. The molecule has 0 spiro atoms. The third kappa shape index (κ3) is 1.84. The highest BCUT2D eigenvalue weighted by Crippen LogP contribution is 2.24. The summed E-state index contributed by atoms with van der Waals surface area (Å²) in [6.45, 7) is 0.825. The number of aromatic nitrogens is 1. The van der Waals surface area contributed by atoms with Gasteiger partial charge in [-0.05, 0) is 23.9 Å². The third-order valence-corrected chi connectivity index (χ3v) is 3.22. The Kier molecular flexibility index (Phi) is 2.73. The average Bonchev–Trinajstić information content (AvgIpc) is 2.83. The van der Waals surface area contributed by atoms with Crippen LogP contribution in [0.4, 0.5) is 0 Å². The summed E-state index contributed by atoms with van der Waals surface area (Å²) in [7, 11) is 0. The van der Waals surface area contributed by atoms with Crippen LogP contribution in [0.3, 0.4) is 0 Å². The lowest BCUT2D eigenvalue weighted by Gasteiger charge is -2.17. The van der Waals surface area contributed by atoms with Crippen LogP contribution < -0.4 is 5.32 Å². The quantitative estimate of drug-likeness (QED) is 0.833. The van der Waals surface area contributed by atoms with E-state index in [-0.39, 0.29) is 6.04 Å². The van der Waals surface area contributed by atoms with Crippen molar-refractivity contribution in [3.05, 3.63) is 65.6 Å². The summed E-state index contributed by atoms with van der Waals surface area (Å²) in [5, 5.41) is 3.04. The number of fused-ring (bicyclic) bond motifs is 1. The summed E-state index contributed by atoms with van der Waals surface area (Å²) >= 11 is 0. The first-order valence-electron chi connectivity index (χ1n) is 5.99. The van der Waals surface area contributed by atoms with Crippen molar-refractivity contribution in [1.82, 2.24) is 9.88 Å². The smallest absolute Gasteiger partial charge is 0.146 e. The van der Waals surface area contributed by atoms with E-state index in [1.165, 1.54) is 5.56 Å². The molecule has 1 atom stereocenters. The number of rotatable bonds is 3. The summed E-state index contributed by atoms with van der Waals surface area (Å²) in [5.41, 5.74) is 3.41. The molecule has 0 aliphatic carbocycles. The lowest BCUT2D eigenvalue weighted by molar-refractivity contribution is -0.109. The van der Waals surface area contributed by atoms with Crippen LogP contribution in [0.15, 0.2) is 48.8 Å². The Labute approximate surface area is 106 Å². The van der Waals surface area contributed by atoms with Gasteiger partial charge in [-0.25, -0.2) is 0 Å². The summed E-state index contributed by atoms with van der Waals surface area (Å²) in [6, 6.07) is 12.1. The Balaban J connectivity index is 1.94. The van der Waals surface area contributed by atoms with Gasteiger partial charge in [0.15, 0.2) is 0 Å². The van der Waals surface area contributed by atoms with Crippen LogP contribution in [-0.4, -0.2) is 10.9 Å². The van der Waals surface area contributed by atoms with Gasteiger partial charge < -0.3 is 14.7 Å². The highest BCUT2D eigenvalue weighted by Gasteiger charge is 2.18. The molecule has 1 aromatic heterocycles. The fourth-order valence-corrected chi connectivity index (χ4v) is 2.31. The number of benzene rings is 1. The second kappa shape index (κ2) is 4.53. The maximum atomic E-state index is 11.0. The Morgan fingerprint density at radius 2 is 2.06 bits per heavy atom. The topological polar surface area (TPSA) is 34.0 Å². The van der Waals surface area contributed by atoms with Crippen molar-refractivity contribution in [2.75, 3.05) is 0 Å². The summed E-state index contributed by atoms with van der Waals surface area (Å²) in [5.74, 6) is 0. The maximum absolute atomic E-state index is 11.0. The number of aldehydes is 1. The molecule has 3 nitrogen and oxygen atoms in total. The van der Waals surface area contributed by atoms with Crippen molar-refractivity contribution in [3.63, 3.8) is 0 Å². The predicted octanol–water partition coefficient (Wildman–Crippen LogP) is 2.35. The van der Waals surface area contributed by atoms with Gasteiger partial charge in [0.05, 0.1) is 0 Å². The lowest BCUT2D eigenvalue weighted by Crippen LogP contribution is -2.20. The summed E-state index contributed by atoms with van der Waals surface area (Å²) in [4.78, 5) is 11.0. The van der Waals surface area contributed by atoms with Gasteiger partial charge in [0.1, 0.15) is 12.3 Å². The summed E-state index contributed by atoms with van der Waals surface area (Å²) in [6.07, 6.45) is 6.82. The van der Waals surface area contributed by atoms with Crippen molar-refractivity contribution in [2.45, 2.75) is 12.6 Å². The molecular formula is C15H14N2O. The van der Waals surface area contributed by atoms with Crippen LogP contribution in [0.2, 0.25) is 0 Å². The molecule has 0 fully saturated rings. The first kappa shape index (κ1) is 10.8. The molecule has 0 saturated heterocycles. The van der Waals surface area contributed by atoms with E-state index in [1.807, 2.05) is 42.7 Å². The first-order valence-corrected chi connectivity index (χ1v) is 5.99. The highest BCUT2D eigenvalue weighted by atomic mass is 16.1. The van der Waals surface area contributed by atoms with E-state index in [4.69, 9.17) is 0 Å². The molecule has 1 unspecified atom stereocenters. The van der Waals surface area contributed by atoms with Crippen molar-refractivity contribution in [3.8, 4) is 0 Å². The van der Waals surface area contributed by atoms with Crippen molar-refractivity contribution in [1.29, 1.82) is 0 Å². The second-order valence-corrected chi connectivity index (χ2v) is 4.38. The third-order valence-electron chi connectivity index (χ3n) is 3.22. The zero-order valence-corrected chi connectivity index (χ0v) is 9.91. The molecule has 0 saturated carbocycles. The van der Waals surface area contributed by atoms with Crippen LogP contribution in [-0.2, 0) is 11.3 Å². The molecule has 2 aromatic rings. The number of nitrogens with one attached hydrogen (secondary N) is 1. The van der Waals surface area contributed by atoms with Crippen molar-refractivity contribution < 1.29 is 4.79 Å². The van der Waals surface area contributed by atoms with Gasteiger partial charge in [0.2, 0.25) is 0 Å². The maximum Gasteiger partial charge on any atom is 0.146 e. The fourth-order valence-electron chi connectivity index (χ4n) is 2.31. The van der Waals surface area contributed by atoms with Crippen LogP contribution in [0.25, 0.3) is 6.08 Å². The predicted molar refractivity (Wildman–Crippen MR) is 71.0 cm³/mol. The number of hydrogen-bond donors (Lipinski definition) is 1. The Hall–Kier alpha value is -2.29. The van der Waals surface area contributed by atoms with Gasteiger partial charge in [-0.1, -0.05) is 30.3 Å².